The molecule has 0 radical (unpaired) electrons. The molecule has 0 fully saturated rings. The highest BCUT2D eigenvalue weighted by Crippen LogP contribution is 2.27. The molecule has 0 aromatic heterocycles. The topological polar surface area (TPSA) is 38.5 Å². The summed E-state index contributed by atoms with van der Waals surface area (Å²) in [6, 6.07) is 7.32. The van der Waals surface area contributed by atoms with E-state index < -0.39 is 0 Å². The molecule has 0 aliphatic rings. The van der Waals surface area contributed by atoms with Crippen LogP contribution in [0.4, 0.5) is 0 Å². The van der Waals surface area contributed by atoms with Gasteiger partial charge in [-0.05, 0) is 37.0 Å². The van der Waals surface area contributed by atoms with Crippen LogP contribution in [-0.4, -0.2) is 37.7 Å². The van der Waals surface area contributed by atoms with Crippen LogP contribution >= 0.6 is 15.9 Å². The number of halogens is 1. The van der Waals surface area contributed by atoms with E-state index in [1.807, 2.05) is 0 Å². The van der Waals surface area contributed by atoms with Crippen molar-refractivity contribution in [2.24, 2.45) is 5.73 Å². The van der Waals surface area contributed by atoms with Crippen LogP contribution in [0.1, 0.15) is 43.9 Å². The minimum absolute atomic E-state index is 0.247. The quantitative estimate of drug-likeness (QED) is 0.729. The highest BCUT2D eigenvalue weighted by atomic mass is 79.9. The summed E-state index contributed by atoms with van der Waals surface area (Å²) in [7, 11) is 1.76. The van der Waals surface area contributed by atoms with Crippen molar-refractivity contribution in [1.29, 1.82) is 0 Å². The molecular weight excluding hydrogens is 328 g/mol. The fourth-order valence-electron chi connectivity index (χ4n) is 2.89. The van der Waals surface area contributed by atoms with Gasteiger partial charge in [-0.2, -0.15) is 0 Å². The van der Waals surface area contributed by atoms with Crippen molar-refractivity contribution in [1.82, 2.24) is 4.90 Å². The van der Waals surface area contributed by atoms with E-state index in [4.69, 9.17) is 10.5 Å². The smallest absolute Gasteiger partial charge is 0.0590 e. The molecule has 4 heteroatoms. The summed E-state index contributed by atoms with van der Waals surface area (Å²) in [4.78, 5) is 2.51. The number of hydrogen-bond acceptors (Lipinski definition) is 3. The molecule has 1 rings (SSSR count). The average Bonchev–Trinajstić information content (AvgIpc) is 2.49. The third-order valence-corrected chi connectivity index (χ3v) is 5.05. The lowest BCUT2D eigenvalue weighted by atomic mass is 9.99. The van der Waals surface area contributed by atoms with Crippen LogP contribution in [0.3, 0.4) is 0 Å². The van der Waals surface area contributed by atoms with Gasteiger partial charge in [0.2, 0.25) is 0 Å². The van der Waals surface area contributed by atoms with E-state index in [1.54, 1.807) is 7.11 Å². The Labute approximate surface area is 138 Å². The van der Waals surface area contributed by atoms with Gasteiger partial charge in [0.15, 0.2) is 0 Å². The van der Waals surface area contributed by atoms with Crippen molar-refractivity contribution < 1.29 is 4.74 Å². The van der Waals surface area contributed by atoms with E-state index in [1.165, 1.54) is 11.1 Å². The molecule has 0 aliphatic carbocycles. The van der Waals surface area contributed by atoms with Gasteiger partial charge in [-0.1, -0.05) is 41.9 Å². The highest BCUT2D eigenvalue weighted by Gasteiger charge is 2.24. The van der Waals surface area contributed by atoms with Gasteiger partial charge in [-0.15, -0.1) is 0 Å². The molecule has 21 heavy (non-hydrogen) atoms. The number of methoxy groups -OCH3 is 1. The molecule has 2 N–H and O–H groups in total. The molecule has 0 bridgehead atoms. The van der Waals surface area contributed by atoms with Crippen LogP contribution < -0.4 is 5.73 Å². The van der Waals surface area contributed by atoms with Gasteiger partial charge >= 0.3 is 0 Å². The Kier molecular flexibility index (Phi) is 8.49. The minimum Gasteiger partial charge on any atom is -0.383 e. The SMILES string of the molecule is CCC(CC)N(CCOC)C(CN)c1ccc(Br)c(C)c1. The summed E-state index contributed by atoms with van der Waals surface area (Å²) in [5.41, 5.74) is 8.66. The zero-order chi connectivity index (χ0) is 15.8. The molecule has 0 amide bonds. The Bertz CT molecular complexity index is 421. The molecule has 3 nitrogen and oxygen atoms in total. The summed E-state index contributed by atoms with van der Waals surface area (Å²) >= 11 is 3.57. The minimum atomic E-state index is 0.247. The van der Waals surface area contributed by atoms with Crippen molar-refractivity contribution in [2.45, 2.75) is 45.7 Å². The number of nitrogens with zero attached hydrogens (tertiary/aromatic N) is 1. The van der Waals surface area contributed by atoms with Gasteiger partial charge in [0.05, 0.1) is 6.61 Å². The molecule has 1 aromatic carbocycles. The molecule has 1 unspecified atom stereocenters. The van der Waals surface area contributed by atoms with Crippen LogP contribution in [0.2, 0.25) is 0 Å². The Morgan fingerprint density at radius 3 is 2.43 bits per heavy atom. The van der Waals surface area contributed by atoms with Crippen LogP contribution in [-0.2, 0) is 4.74 Å². The van der Waals surface area contributed by atoms with Crippen LogP contribution in [0.15, 0.2) is 22.7 Å². The molecular formula is C17H29BrN2O. The number of rotatable bonds is 9. The monoisotopic (exact) mass is 356 g/mol. The Morgan fingerprint density at radius 1 is 1.29 bits per heavy atom. The second-order valence-electron chi connectivity index (χ2n) is 5.46. The van der Waals surface area contributed by atoms with Gasteiger partial charge in [0.1, 0.15) is 0 Å². The largest absolute Gasteiger partial charge is 0.383 e. The lowest BCUT2D eigenvalue weighted by molar-refractivity contribution is 0.0817. The van der Waals surface area contributed by atoms with E-state index >= 15 is 0 Å². The molecule has 0 spiro atoms. The van der Waals surface area contributed by atoms with Gasteiger partial charge in [0.25, 0.3) is 0 Å². The maximum absolute atomic E-state index is 6.12. The van der Waals surface area contributed by atoms with Gasteiger partial charge in [-0.25, -0.2) is 0 Å². The van der Waals surface area contributed by atoms with E-state index in [0.29, 0.717) is 12.6 Å². The van der Waals surface area contributed by atoms with E-state index in [2.05, 4.69) is 59.8 Å². The Balaban J connectivity index is 3.06. The number of ether oxygens (including phenoxy) is 1. The third-order valence-electron chi connectivity index (χ3n) is 4.16. The second kappa shape index (κ2) is 9.57. The van der Waals surface area contributed by atoms with Crippen LogP contribution in [0.25, 0.3) is 0 Å². The maximum atomic E-state index is 6.12. The first-order valence-electron chi connectivity index (χ1n) is 7.79. The Hall–Kier alpha value is -0.420. The summed E-state index contributed by atoms with van der Waals surface area (Å²) in [6.45, 7) is 8.89. The summed E-state index contributed by atoms with van der Waals surface area (Å²) < 4.78 is 6.44. The first kappa shape index (κ1) is 18.6. The number of hydrogen-bond donors (Lipinski definition) is 1. The van der Waals surface area contributed by atoms with E-state index in [9.17, 15) is 0 Å². The molecule has 1 atom stereocenters. The predicted molar refractivity (Wildman–Crippen MR) is 93.6 cm³/mol. The Morgan fingerprint density at radius 2 is 1.95 bits per heavy atom. The summed E-state index contributed by atoms with van der Waals surface area (Å²) in [5.74, 6) is 0. The second-order valence-corrected chi connectivity index (χ2v) is 6.32. The lowest BCUT2D eigenvalue weighted by Gasteiger charge is -2.37. The first-order valence-corrected chi connectivity index (χ1v) is 8.59. The molecule has 120 valence electrons. The van der Waals surface area contributed by atoms with E-state index in [-0.39, 0.29) is 6.04 Å². The lowest BCUT2D eigenvalue weighted by Crippen LogP contribution is -2.42. The predicted octanol–water partition coefficient (Wildman–Crippen LogP) is 3.89. The fraction of sp³-hybridized carbons (Fsp3) is 0.647. The average molecular weight is 357 g/mol. The zero-order valence-electron chi connectivity index (χ0n) is 13.7. The van der Waals surface area contributed by atoms with Crippen molar-refractivity contribution in [3.8, 4) is 0 Å². The van der Waals surface area contributed by atoms with Crippen molar-refractivity contribution in [3.05, 3.63) is 33.8 Å². The fourth-order valence-corrected chi connectivity index (χ4v) is 3.13. The third kappa shape index (κ3) is 5.06. The molecule has 0 aliphatic heterocycles. The van der Waals surface area contributed by atoms with Crippen molar-refractivity contribution in [3.63, 3.8) is 0 Å². The molecule has 0 saturated carbocycles. The summed E-state index contributed by atoms with van der Waals surface area (Å²) in [5, 5.41) is 0. The van der Waals surface area contributed by atoms with Gasteiger partial charge < -0.3 is 10.5 Å². The number of aryl methyl sites for hydroxylation is 1. The number of benzene rings is 1. The normalized spacial score (nSPS) is 13.1. The van der Waals surface area contributed by atoms with Gasteiger partial charge in [0, 0.05) is 36.8 Å². The van der Waals surface area contributed by atoms with Crippen LogP contribution in [0.5, 0.6) is 0 Å². The van der Waals surface area contributed by atoms with Gasteiger partial charge in [-0.3, -0.25) is 4.90 Å². The van der Waals surface area contributed by atoms with Crippen LogP contribution in [0, 0.1) is 6.92 Å². The zero-order valence-corrected chi connectivity index (χ0v) is 15.3. The standard InChI is InChI=1S/C17H29BrN2O/c1-5-15(6-2)20(9-10-21-4)17(12-19)14-7-8-16(18)13(3)11-14/h7-8,11,15,17H,5-6,9-10,12,19H2,1-4H3. The van der Waals surface area contributed by atoms with Crippen molar-refractivity contribution in [2.75, 3.05) is 26.8 Å². The maximum Gasteiger partial charge on any atom is 0.0590 e. The van der Waals surface area contributed by atoms with E-state index in [0.717, 1.165) is 30.5 Å². The molecule has 0 heterocycles. The number of nitrogens with two attached hydrogens (primary N) is 1. The molecule has 0 saturated heterocycles. The molecule has 1 aromatic rings. The summed E-state index contributed by atoms with van der Waals surface area (Å²) in [6.07, 6.45) is 2.26. The highest BCUT2D eigenvalue weighted by molar-refractivity contribution is 9.10. The van der Waals surface area contributed by atoms with Crippen molar-refractivity contribution >= 4 is 15.9 Å². The first-order chi connectivity index (χ1) is 10.1.